The van der Waals surface area contributed by atoms with Crippen molar-refractivity contribution in [2.24, 2.45) is 0 Å². The first kappa shape index (κ1) is 19.1. The molecule has 27 heavy (non-hydrogen) atoms. The Labute approximate surface area is 160 Å². The highest BCUT2D eigenvalue weighted by Gasteiger charge is 2.35. The lowest BCUT2D eigenvalue weighted by Gasteiger charge is -2.38. The standard InChI is InChI=1S/C22H27NO4/c1-14-6-8-16(9-7-14)26-15(2)21(24)23-19-13-22(3,4)27-20-12-17(25-5)10-11-18(19)20/h6-12,15,19H,13H2,1-5H3,(H,23,24)/t15-,19+/m1/s1. The number of ether oxygens (including phenoxy) is 3. The number of aryl methyl sites for hydroxylation is 1. The Kier molecular flexibility index (Phi) is 5.31. The van der Waals surface area contributed by atoms with E-state index in [0.29, 0.717) is 12.2 Å². The van der Waals surface area contributed by atoms with Gasteiger partial charge in [0.25, 0.3) is 5.91 Å². The molecule has 0 fully saturated rings. The molecule has 1 aliphatic heterocycles. The zero-order valence-corrected chi connectivity index (χ0v) is 16.5. The summed E-state index contributed by atoms with van der Waals surface area (Å²) in [6.07, 6.45) is 0.0790. The highest BCUT2D eigenvalue weighted by Crippen LogP contribution is 2.41. The van der Waals surface area contributed by atoms with Crippen LogP contribution in [0.1, 0.15) is 44.4 Å². The van der Waals surface area contributed by atoms with E-state index in [0.717, 1.165) is 22.6 Å². The third-order valence-corrected chi connectivity index (χ3v) is 4.70. The monoisotopic (exact) mass is 369 g/mol. The average Bonchev–Trinajstić information content (AvgIpc) is 2.62. The molecule has 0 saturated carbocycles. The van der Waals surface area contributed by atoms with Gasteiger partial charge < -0.3 is 19.5 Å². The van der Waals surface area contributed by atoms with Gasteiger partial charge in [-0.1, -0.05) is 17.7 Å². The van der Waals surface area contributed by atoms with Gasteiger partial charge in [-0.2, -0.15) is 0 Å². The fraction of sp³-hybridized carbons (Fsp3) is 0.409. The molecule has 2 aromatic rings. The molecule has 3 rings (SSSR count). The summed E-state index contributed by atoms with van der Waals surface area (Å²) in [5, 5.41) is 3.11. The minimum atomic E-state index is -0.597. The van der Waals surface area contributed by atoms with E-state index in [1.165, 1.54) is 0 Å². The first-order valence-electron chi connectivity index (χ1n) is 9.18. The largest absolute Gasteiger partial charge is 0.497 e. The Bertz CT molecular complexity index is 814. The molecule has 0 radical (unpaired) electrons. The van der Waals surface area contributed by atoms with Crippen molar-refractivity contribution in [3.8, 4) is 17.2 Å². The maximum absolute atomic E-state index is 12.7. The molecule has 5 heteroatoms. The number of nitrogens with one attached hydrogen (secondary N) is 1. The maximum Gasteiger partial charge on any atom is 0.261 e. The summed E-state index contributed by atoms with van der Waals surface area (Å²) in [5.41, 5.74) is 1.71. The van der Waals surface area contributed by atoms with E-state index in [-0.39, 0.29) is 11.9 Å². The molecule has 2 aromatic carbocycles. The van der Waals surface area contributed by atoms with E-state index in [1.54, 1.807) is 14.0 Å². The molecule has 144 valence electrons. The van der Waals surface area contributed by atoms with Crippen LogP contribution in [0.25, 0.3) is 0 Å². The summed E-state index contributed by atoms with van der Waals surface area (Å²) in [5.74, 6) is 2.00. The maximum atomic E-state index is 12.7. The average molecular weight is 369 g/mol. The number of amides is 1. The van der Waals surface area contributed by atoms with Crippen LogP contribution in [0.5, 0.6) is 17.2 Å². The summed E-state index contributed by atoms with van der Waals surface area (Å²) < 4.78 is 17.2. The molecule has 1 N–H and O–H groups in total. The fourth-order valence-electron chi connectivity index (χ4n) is 3.25. The number of carbonyl (C=O) groups is 1. The first-order valence-corrected chi connectivity index (χ1v) is 9.18. The van der Waals surface area contributed by atoms with Gasteiger partial charge in [-0.3, -0.25) is 4.79 Å². The van der Waals surface area contributed by atoms with Crippen molar-refractivity contribution < 1.29 is 19.0 Å². The molecular formula is C22H27NO4. The van der Waals surface area contributed by atoms with Crippen LogP contribution in [-0.2, 0) is 4.79 Å². The smallest absolute Gasteiger partial charge is 0.261 e. The van der Waals surface area contributed by atoms with E-state index in [2.05, 4.69) is 5.32 Å². The van der Waals surface area contributed by atoms with Gasteiger partial charge in [-0.05, 0) is 52.0 Å². The van der Waals surface area contributed by atoms with Crippen LogP contribution in [0, 0.1) is 6.92 Å². The second-order valence-electron chi connectivity index (χ2n) is 7.60. The number of methoxy groups -OCH3 is 1. The number of hydrogen-bond acceptors (Lipinski definition) is 4. The summed E-state index contributed by atoms with van der Waals surface area (Å²) in [7, 11) is 1.62. The van der Waals surface area contributed by atoms with Gasteiger partial charge in [0.1, 0.15) is 22.8 Å². The van der Waals surface area contributed by atoms with Crippen molar-refractivity contribution in [1.29, 1.82) is 0 Å². The van der Waals surface area contributed by atoms with Gasteiger partial charge in [-0.25, -0.2) is 0 Å². The van der Waals surface area contributed by atoms with E-state index >= 15 is 0 Å². The molecular weight excluding hydrogens is 342 g/mol. The lowest BCUT2D eigenvalue weighted by molar-refractivity contribution is -0.128. The van der Waals surface area contributed by atoms with E-state index in [9.17, 15) is 4.79 Å². The Morgan fingerprint density at radius 1 is 1.19 bits per heavy atom. The highest BCUT2D eigenvalue weighted by molar-refractivity contribution is 5.81. The van der Waals surface area contributed by atoms with Gasteiger partial charge in [-0.15, -0.1) is 0 Å². The number of rotatable bonds is 5. The number of carbonyl (C=O) groups excluding carboxylic acids is 1. The van der Waals surface area contributed by atoms with Crippen LogP contribution < -0.4 is 19.5 Å². The van der Waals surface area contributed by atoms with Crippen LogP contribution in [0.2, 0.25) is 0 Å². The lowest BCUT2D eigenvalue weighted by Crippen LogP contribution is -2.44. The molecule has 0 aromatic heterocycles. The molecule has 0 spiro atoms. The van der Waals surface area contributed by atoms with Crippen LogP contribution in [0.3, 0.4) is 0 Å². The molecule has 1 aliphatic rings. The number of benzene rings is 2. The summed E-state index contributed by atoms with van der Waals surface area (Å²) in [4.78, 5) is 12.7. The molecule has 0 bridgehead atoms. The van der Waals surface area contributed by atoms with Gasteiger partial charge in [0.05, 0.1) is 13.2 Å². The predicted octanol–water partition coefficient (Wildman–Crippen LogP) is 4.19. The topological polar surface area (TPSA) is 56.8 Å². The Balaban J connectivity index is 1.74. The van der Waals surface area contributed by atoms with Crippen LogP contribution in [0.15, 0.2) is 42.5 Å². The van der Waals surface area contributed by atoms with E-state index < -0.39 is 11.7 Å². The fourth-order valence-corrected chi connectivity index (χ4v) is 3.25. The van der Waals surface area contributed by atoms with Gasteiger partial charge in [0.2, 0.25) is 0 Å². The van der Waals surface area contributed by atoms with Crippen LogP contribution in [0.4, 0.5) is 0 Å². The summed E-state index contributed by atoms with van der Waals surface area (Å²) >= 11 is 0. The van der Waals surface area contributed by atoms with E-state index in [4.69, 9.17) is 14.2 Å². The molecule has 0 saturated heterocycles. The Morgan fingerprint density at radius 3 is 2.52 bits per heavy atom. The molecule has 0 aliphatic carbocycles. The molecule has 1 heterocycles. The zero-order chi connectivity index (χ0) is 19.6. The minimum Gasteiger partial charge on any atom is -0.497 e. The Hall–Kier alpha value is -2.69. The third-order valence-electron chi connectivity index (χ3n) is 4.70. The van der Waals surface area contributed by atoms with Crippen molar-refractivity contribution in [3.63, 3.8) is 0 Å². The number of hydrogen-bond donors (Lipinski definition) is 1. The SMILES string of the molecule is COc1ccc2c(c1)OC(C)(C)C[C@@H]2NC(=O)[C@@H](C)Oc1ccc(C)cc1. The van der Waals surface area contributed by atoms with Crippen molar-refractivity contribution in [1.82, 2.24) is 5.32 Å². The van der Waals surface area contributed by atoms with Crippen molar-refractivity contribution in [2.75, 3.05) is 7.11 Å². The van der Waals surface area contributed by atoms with Crippen molar-refractivity contribution >= 4 is 5.91 Å². The molecule has 1 amide bonds. The second kappa shape index (κ2) is 7.51. The van der Waals surface area contributed by atoms with Gasteiger partial charge >= 0.3 is 0 Å². The van der Waals surface area contributed by atoms with Crippen molar-refractivity contribution in [3.05, 3.63) is 53.6 Å². The van der Waals surface area contributed by atoms with E-state index in [1.807, 2.05) is 63.2 Å². The van der Waals surface area contributed by atoms with Crippen LogP contribution >= 0.6 is 0 Å². The van der Waals surface area contributed by atoms with Gasteiger partial charge in [0.15, 0.2) is 6.10 Å². The zero-order valence-electron chi connectivity index (χ0n) is 16.5. The predicted molar refractivity (Wildman–Crippen MR) is 104 cm³/mol. The number of fused-ring (bicyclic) bond motifs is 1. The quantitative estimate of drug-likeness (QED) is 0.859. The van der Waals surface area contributed by atoms with Crippen molar-refractivity contribution in [2.45, 2.75) is 51.9 Å². The normalized spacial score (nSPS) is 18.6. The second-order valence-corrected chi connectivity index (χ2v) is 7.60. The van der Waals surface area contributed by atoms with Gasteiger partial charge in [0, 0.05) is 18.1 Å². The molecule has 0 unspecified atom stereocenters. The molecule has 5 nitrogen and oxygen atoms in total. The minimum absolute atomic E-state index is 0.147. The van der Waals surface area contributed by atoms with Crippen LogP contribution in [-0.4, -0.2) is 24.7 Å². The first-order chi connectivity index (χ1) is 12.8. The third kappa shape index (κ3) is 4.54. The summed E-state index contributed by atoms with van der Waals surface area (Å²) in [6, 6.07) is 13.2. The molecule has 2 atom stereocenters. The summed E-state index contributed by atoms with van der Waals surface area (Å²) in [6.45, 7) is 7.80. The Morgan fingerprint density at radius 2 is 1.85 bits per heavy atom. The lowest BCUT2D eigenvalue weighted by atomic mass is 9.89. The highest BCUT2D eigenvalue weighted by atomic mass is 16.5.